The van der Waals surface area contributed by atoms with Crippen LogP contribution in [0.1, 0.15) is 24.4 Å². The molecule has 2 heterocycles. The van der Waals surface area contributed by atoms with Crippen LogP contribution in [0.4, 0.5) is 4.39 Å². The van der Waals surface area contributed by atoms with Gasteiger partial charge in [-0.1, -0.05) is 30.3 Å². The summed E-state index contributed by atoms with van der Waals surface area (Å²) in [5.41, 5.74) is 0.926. The van der Waals surface area contributed by atoms with E-state index in [0.717, 1.165) is 24.5 Å². The average Bonchev–Trinajstić information content (AvgIpc) is 2.99. The Bertz CT molecular complexity index is 734. The molecule has 1 aromatic heterocycles. The van der Waals surface area contributed by atoms with Crippen molar-refractivity contribution in [3.8, 4) is 0 Å². The number of sulfonamides is 1. The Labute approximate surface area is 123 Å². The van der Waals surface area contributed by atoms with Gasteiger partial charge in [0.15, 0.2) is 5.82 Å². The van der Waals surface area contributed by atoms with Crippen LogP contribution in [0.5, 0.6) is 0 Å². The second-order valence-electron chi connectivity index (χ2n) is 4.97. The molecule has 1 aliphatic rings. The summed E-state index contributed by atoms with van der Waals surface area (Å²) in [6.45, 7) is 0.387. The van der Waals surface area contributed by atoms with E-state index in [1.807, 2.05) is 30.3 Å². The molecule has 0 aliphatic carbocycles. The van der Waals surface area contributed by atoms with Crippen LogP contribution in [0.25, 0.3) is 0 Å². The third kappa shape index (κ3) is 2.56. The third-order valence-electron chi connectivity index (χ3n) is 3.67. The Kier molecular flexibility index (Phi) is 3.73. The van der Waals surface area contributed by atoms with Crippen LogP contribution in [0.3, 0.4) is 0 Å². The summed E-state index contributed by atoms with van der Waals surface area (Å²) in [5, 5.41) is -0.493. The zero-order chi connectivity index (χ0) is 14.9. The Hall–Kier alpha value is -1.79. The molecule has 1 atom stereocenters. The van der Waals surface area contributed by atoms with E-state index in [4.69, 9.17) is 0 Å². The van der Waals surface area contributed by atoms with Gasteiger partial charge in [-0.3, -0.25) is 0 Å². The average molecular weight is 306 g/mol. The van der Waals surface area contributed by atoms with Crippen molar-refractivity contribution in [3.05, 3.63) is 60.0 Å². The van der Waals surface area contributed by atoms with Crippen LogP contribution >= 0.6 is 0 Å². The second kappa shape index (κ2) is 5.54. The van der Waals surface area contributed by atoms with Gasteiger partial charge in [0.05, 0.1) is 6.04 Å². The summed E-state index contributed by atoms with van der Waals surface area (Å²) < 4.78 is 40.5. The van der Waals surface area contributed by atoms with Gasteiger partial charge in [-0.05, 0) is 30.5 Å². The highest BCUT2D eigenvalue weighted by Crippen LogP contribution is 2.36. The fourth-order valence-corrected chi connectivity index (χ4v) is 4.37. The molecule has 110 valence electrons. The highest BCUT2D eigenvalue weighted by molar-refractivity contribution is 7.89. The molecule has 0 saturated carbocycles. The monoisotopic (exact) mass is 306 g/mol. The Morgan fingerprint density at radius 3 is 2.62 bits per heavy atom. The third-order valence-corrected chi connectivity index (χ3v) is 5.51. The van der Waals surface area contributed by atoms with E-state index in [2.05, 4.69) is 4.98 Å². The molecule has 0 bridgehead atoms. The number of pyridine rings is 1. The van der Waals surface area contributed by atoms with Crippen LogP contribution in [0, 0.1) is 5.82 Å². The number of halogens is 1. The maximum absolute atomic E-state index is 13.8. The molecule has 3 rings (SSSR count). The lowest BCUT2D eigenvalue weighted by Crippen LogP contribution is -2.31. The Morgan fingerprint density at radius 1 is 1.14 bits per heavy atom. The first-order chi connectivity index (χ1) is 10.1. The summed E-state index contributed by atoms with van der Waals surface area (Å²) in [6, 6.07) is 11.7. The number of hydrogen-bond acceptors (Lipinski definition) is 3. The van der Waals surface area contributed by atoms with Gasteiger partial charge < -0.3 is 0 Å². The van der Waals surface area contributed by atoms with Gasteiger partial charge >= 0.3 is 0 Å². The Balaban J connectivity index is 2.01. The fourth-order valence-electron chi connectivity index (χ4n) is 2.71. The van der Waals surface area contributed by atoms with Crippen LogP contribution in [0.2, 0.25) is 0 Å². The number of benzene rings is 1. The second-order valence-corrected chi connectivity index (χ2v) is 6.78. The summed E-state index contributed by atoms with van der Waals surface area (Å²) >= 11 is 0. The topological polar surface area (TPSA) is 50.3 Å². The minimum Gasteiger partial charge on any atom is -0.241 e. The van der Waals surface area contributed by atoms with Crippen molar-refractivity contribution in [3.63, 3.8) is 0 Å². The molecule has 4 nitrogen and oxygen atoms in total. The lowest BCUT2D eigenvalue weighted by atomic mass is 10.1. The summed E-state index contributed by atoms with van der Waals surface area (Å²) in [6.07, 6.45) is 2.79. The van der Waals surface area contributed by atoms with Gasteiger partial charge in [0, 0.05) is 12.7 Å². The molecule has 0 radical (unpaired) electrons. The van der Waals surface area contributed by atoms with Crippen molar-refractivity contribution in [2.45, 2.75) is 23.9 Å². The molecular formula is C15H15FN2O2S. The highest BCUT2D eigenvalue weighted by atomic mass is 32.2. The van der Waals surface area contributed by atoms with Crippen molar-refractivity contribution in [1.82, 2.24) is 9.29 Å². The molecule has 1 fully saturated rings. The van der Waals surface area contributed by atoms with Crippen molar-refractivity contribution < 1.29 is 12.8 Å². The first-order valence-corrected chi connectivity index (χ1v) is 8.22. The molecule has 6 heteroatoms. The largest absolute Gasteiger partial charge is 0.264 e. The molecule has 1 aliphatic heterocycles. The zero-order valence-electron chi connectivity index (χ0n) is 11.3. The smallest absolute Gasteiger partial charge is 0.241 e. The van der Waals surface area contributed by atoms with Gasteiger partial charge in [-0.15, -0.1) is 0 Å². The van der Waals surface area contributed by atoms with Crippen LogP contribution in [-0.2, 0) is 10.0 Å². The quantitative estimate of drug-likeness (QED) is 0.876. The van der Waals surface area contributed by atoms with E-state index in [1.165, 1.54) is 16.6 Å². The van der Waals surface area contributed by atoms with E-state index in [1.54, 1.807) is 0 Å². The standard InChI is InChI=1S/C15H15FN2O2S/c16-13-8-4-10-17-15(13)21(19,20)18-11-5-9-14(18)12-6-2-1-3-7-12/h1-4,6-8,10,14H,5,9,11H2. The van der Waals surface area contributed by atoms with Gasteiger partial charge in [0.1, 0.15) is 0 Å². The molecule has 0 spiro atoms. The first-order valence-electron chi connectivity index (χ1n) is 6.78. The van der Waals surface area contributed by atoms with Gasteiger partial charge in [0.2, 0.25) is 5.03 Å². The minimum atomic E-state index is -3.92. The zero-order valence-corrected chi connectivity index (χ0v) is 12.1. The number of nitrogens with zero attached hydrogens (tertiary/aromatic N) is 2. The molecular weight excluding hydrogens is 291 g/mol. The summed E-state index contributed by atoms with van der Waals surface area (Å²) in [4.78, 5) is 3.72. The maximum Gasteiger partial charge on any atom is 0.264 e. The van der Waals surface area contributed by atoms with E-state index in [-0.39, 0.29) is 6.04 Å². The SMILES string of the molecule is O=S(=O)(c1ncccc1F)N1CCCC1c1ccccc1. The van der Waals surface area contributed by atoms with E-state index >= 15 is 0 Å². The van der Waals surface area contributed by atoms with E-state index in [9.17, 15) is 12.8 Å². The van der Waals surface area contributed by atoms with Crippen LogP contribution in [0.15, 0.2) is 53.7 Å². The lowest BCUT2D eigenvalue weighted by Gasteiger charge is -2.24. The highest BCUT2D eigenvalue weighted by Gasteiger charge is 2.38. The van der Waals surface area contributed by atoms with Gasteiger partial charge in [-0.2, -0.15) is 4.31 Å². The van der Waals surface area contributed by atoms with Crippen LogP contribution in [-0.4, -0.2) is 24.3 Å². The van der Waals surface area contributed by atoms with Crippen LogP contribution < -0.4 is 0 Å². The van der Waals surface area contributed by atoms with Crippen molar-refractivity contribution >= 4 is 10.0 Å². The normalized spacial score (nSPS) is 19.8. The molecule has 21 heavy (non-hydrogen) atoms. The fraction of sp³-hybridized carbons (Fsp3) is 0.267. The maximum atomic E-state index is 13.8. The predicted molar refractivity (Wildman–Crippen MR) is 76.5 cm³/mol. The molecule has 0 N–H and O–H groups in total. The Morgan fingerprint density at radius 2 is 1.90 bits per heavy atom. The number of hydrogen-bond donors (Lipinski definition) is 0. The predicted octanol–water partition coefficient (Wildman–Crippen LogP) is 2.75. The first kappa shape index (κ1) is 14.2. The molecule has 1 saturated heterocycles. The molecule has 2 aromatic rings. The summed E-state index contributed by atoms with van der Waals surface area (Å²) in [5.74, 6) is -0.809. The van der Waals surface area contributed by atoms with Gasteiger partial charge in [0.25, 0.3) is 10.0 Å². The van der Waals surface area contributed by atoms with Crippen molar-refractivity contribution in [2.75, 3.05) is 6.54 Å². The lowest BCUT2D eigenvalue weighted by molar-refractivity contribution is 0.391. The van der Waals surface area contributed by atoms with Crippen molar-refractivity contribution in [1.29, 1.82) is 0 Å². The number of rotatable bonds is 3. The summed E-state index contributed by atoms with van der Waals surface area (Å²) in [7, 11) is -3.92. The molecule has 1 unspecified atom stereocenters. The molecule has 0 amide bonds. The van der Waals surface area contributed by atoms with Crippen molar-refractivity contribution in [2.24, 2.45) is 0 Å². The number of aromatic nitrogens is 1. The minimum absolute atomic E-state index is 0.252. The molecule has 1 aromatic carbocycles. The van der Waals surface area contributed by atoms with E-state index in [0.29, 0.717) is 6.54 Å². The van der Waals surface area contributed by atoms with Gasteiger partial charge in [-0.25, -0.2) is 17.8 Å². The van der Waals surface area contributed by atoms with E-state index < -0.39 is 20.9 Å².